The van der Waals surface area contributed by atoms with E-state index in [-0.39, 0.29) is 30.8 Å². The molecule has 1 aromatic rings. The van der Waals surface area contributed by atoms with Crippen LogP contribution >= 0.6 is 12.4 Å². The number of carbonyl (C=O) groups excluding carboxylic acids is 2. The number of carbonyl (C=O) groups is 2. The fraction of sp³-hybridized carbons (Fsp3) is 0.556. The van der Waals surface area contributed by atoms with E-state index in [0.29, 0.717) is 5.92 Å². The van der Waals surface area contributed by atoms with Gasteiger partial charge in [-0.1, -0.05) is 24.3 Å². The van der Waals surface area contributed by atoms with E-state index < -0.39 is 6.03 Å². The number of nitrogens with two attached hydrogens (primary N) is 1. The molecule has 3 amide bonds. The zero-order valence-corrected chi connectivity index (χ0v) is 15.8. The van der Waals surface area contributed by atoms with E-state index >= 15 is 0 Å². The summed E-state index contributed by atoms with van der Waals surface area (Å²) in [5.74, 6) is 0.704. The predicted molar refractivity (Wildman–Crippen MR) is 102 cm³/mol. The highest BCUT2D eigenvalue weighted by atomic mass is 35.5. The third kappa shape index (κ3) is 6.21. The van der Waals surface area contributed by atoms with Crippen molar-refractivity contribution >= 4 is 24.3 Å². The average molecular weight is 369 g/mol. The molecule has 0 aromatic heterocycles. The number of aryl methyl sites for hydroxylation is 1. The van der Waals surface area contributed by atoms with Gasteiger partial charge in [-0.05, 0) is 50.4 Å². The van der Waals surface area contributed by atoms with E-state index in [2.05, 4.69) is 10.6 Å². The van der Waals surface area contributed by atoms with E-state index in [9.17, 15) is 9.59 Å². The normalized spacial score (nSPS) is 16.0. The number of primary amides is 1. The third-order valence-corrected chi connectivity index (χ3v) is 4.72. The lowest BCUT2D eigenvalue weighted by molar-refractivity contribution is -0.133. The first-order valence-corrected chi connectivity index (χ1v) is 8.55. The Bertz CT molecular complexity index is 574. The number of nitrogens with one attached hydrogen (secondary N) is 2. The Kier molecular flexibility index (Phi) is 8.72. The number of amides is 3. The van der Waals surface area contributed by atoms with E-state index in [1.807, 2.05) is 43.1 Å². The average Bonchev–Trinajstić information content (AvgIpc) is 2.55. The molecule has 2 rings (SSSR count). The Hall–Kier alpha value is -1.79. The lowest BCUT2D eigenvalue weighted by Gasteiger charge is -2.33. The van der Waals surface area contributed by atoms with Gasteiger partial charge in [-0.25, -0.2) is 4.79 Å². The Labute approximate surface area is 155 Å². The molecule has 7 heteroatoms. The molecule has 1 heterocycles. The Morgan fingerprint density at radius 1 is 1.28 bits per heavy atom. The van der Waals surface area contributed by atoms with Crippen molar-refractivity contribution in [2.75, 3.05) is 26.7 Å². The van der Waals surface area contributed by atoms with Crippen LogP contribution in [-0.4, -0.2) is 43.5 Å². The predicted octanol–water partition coefficient (Wildman–Crippen LogP) is 1.97. The standard InChI is InChI=1S/C18H28N4O2.ClH/c1-13-5-3-4-6-15(13)16(21-18(19)24)11-17(23)22-9-7-14(8-10-22)12-20-2;/h3-6,14,16,20H,7-12H2,1-2H3,(H3,19,21,24);1H. The van der Waals surface area contributed by atoms with E-state index in [1.54, 1.807) is 0 Å². The largest absolute Gasteiger partial charge is 0.352 e. The molecule has 1 aliphatic rings. The number of piperidine rings is 1. The van der Waals surface area contributed by atoms with Gasteiger partial charge < -0.3 is 21.3 Å². The number of hydrogen-bond acceptors (Lipinski definition) is 3. The van der Waals surface area contributed by atoms with Crippen LogP contribution in [0.25, 0.3) is 0 Å². The van der Waals surface area contributed by atoms with Gasteiger partial charge in [-0.2, -0.15) is 0 Å². The number of hydrogen-bond donors (Lipinski definition) is 3. The number of rotatable bonds is 6. The highest BCUT2D eigenvalue weighted by Crippen LogP contribution is 2.23. The van der Waals surface area contributed by atoms with Gasteiger partial charge in [0.05, 0.1) is 12.5 Å². The maximum absolute atomic E-state index is 12.7. The minimum Gasteiger partial charge on any atom is -0.352 e. The number of halogens is 1. The number of likely N-dealkylation sites (tertiary alicyclic amines) is 1. The molecule has 1 saturated heterocycles. The van der Waals surface area contributed by atoms with E-state index in [1.165, 1.54) is 0 Å². The first-order valence-electron chi connectivity index (χ1n) is 8.55. The van der Waals surface area contributed by atoms with Crippen LogP contribution in [0.1, 0.15) is 36.4 Å². The summed E-state index contributed by atoms with van der Waals surface area (Å²) in [6.07, 6.45) is 2.28. The molecule has 0 radical (unpaired) electrons. The monoisotopic (exact) mass is 368 g/mol. The highest BCUT2D eigenvalue weighted by molar-refractivity contribution is 5.85. The molecule has 140 valence electrons. The summed E-state index contributed by atoms with van der Waals surface area (Å²) in [6.45, 7) is 4.53. The summed E-state index contributed by atoms with van der Waals surface area (Å²) in [7, 11) is 1.96. The van der Waals surface area contributed by atoms with Gasteiger partial charge in [-0.3, -0.25) is 4.79 Å². The molecule has 1 aromatic carbocycles. The van der Waals surface area contributed by atoms with Crippen molar-refractivity contribution in [2.45, 2.75) is 32.2 Å². The highest BCUT2D eigenvalue weighted by Gasteiger charge is 2.26. The Morgan fingerprint density at radius 2 is 1.92 bits per heavy atom. The lowest BCUT2D eigenvalue weighted by atomic mass is 9.95. The van der Waals surface area contributed by atoms with Crippen molar-refractivity contribution in [3.63, 3.8) is 0 Å². The second kappa shape index (κ2) is 10.3. The summed E-state index contributed by atoms with van der Waals surface area (Å²) in [6, 6.07) is 6.76. The molecule has 0 aliphatic carbocycles. The molecule has 4 N–H and O–H groups in total. The topological polar surface area (TPSA) is 87.5 Å². The first-order chi connectivity index (χ1) is 11.5. The smallest absolute Gasteiger partial charge is 0.312 e. The number of nitrogens with zero attached hydrogens (tertiary/aromatic N) is 1. The van der Waals surface area contributed by atoms with Crippen molar-refractivity contribution in [1.82, 2.24) is 15.5 Å². The maximum atomic E-state index is 12.7. The lowest BCUT2D eigenvalue weighted by Crippen LogP contribution is -2.43. The molecule has 25 heavy (non-hydrogen) atoms. The minimum atomic E-state index is -0.608. The Morgan fingerprint density at radius 3 is 2.48 bits per heavy atom. The van der Waals surface area contributed by atoms with Gasteiger partial charge in [0.25, 0.3) is 0 Å². The van der Waals surface area contributed by atoms with Crippen LogP contribution in [-0.2, 0) is 4.79 Å². The third-order valence-electron chi connectivity index (χ3n) is 4.72. The van der Waals surface area contributed by atoms with Crippen LogP contribution < -0.4 is 16.4 Å². The molecular weight excluding hydrogens is 340 g/mol. The Balaban J connectivity index is 0.00000312. The summed E-state index contributed by atoms with van der Waals surface area (Å²) in [5, 5.41) is 5.92. The SMILES string of the molecule is CNCC1CCN(C(=O)CC(NC(N)=O)c2ccccc2C)CC1.Cl. The number of urea groups is 1. The van der Waals surface area contributed by atoms with Crippen LogP contribution in [0.4, 0.5) is 4.79 Å². The molecule has 1 fully saturated rings. The minimum absolute atomic E-state index is 0. The first kappa shape index (κ1) is 21.3. The summed E-state index contributed by atoms with van der Waals surface area (Å²) in [5.41, 5.74) is 7.28. The van der Waals surface area contributed by atoms with E-state index in [4.69, 9.17) is 5.73 Å². The molecule has 0 saturated carbocycles. The fourth-order valence-electron chi connectivity index (χ4n) is 3.37. The summed E-state index contributed by atoms with van der Waals surface area (Å²) in [4.78, 5) is 25.9. The quantitative estimate of drug-likeness (QED) is 0.717. The second-order valence-electron chi connectivity index (χ2n) is 6.50. The molecule has 1 unspecified atom stereocenters. The molecule has 1 aliphatic heterocycles. The second-order valence-corrected chi connectivity index (χ2v) is 6.50. The zero-order chi connectivity index (χ0) is 17.5. The van der Waals surface area contributed by atoms with Crippen LogP contribution in [0.3, 0.4) is 0 Å². The van der Waals surface area contributed by atoms with Crippen molar-refractivity contribution in [2.24, 2.45) is 11.7 Å². The molecule has 0 bridgehead atoms. The van der Waals surface area contributed by atoms with Gasteiger partial charge in [0, 0.05) is 13.1 Å². The van der Waals surface area contributed by atoms with Gasteiger partial charge in [0.1, 0.15) is 0 Å². The fourth-order valence-corrected chi connectivity index (χ4v) is 3.37. The molecule has 1 atom stereocenters. The van der Waals surface area contributed by atoms with E-state index in [0.717, 1.165) is 43.6 Å². The van der Waals surface area contributed by atoms with Gasteiger partial charge >= 0.3 is 6.03 Å². The molecule has 6 nitrogen and oxygen atoms in total. The van der Waals surface area contributed by atoms with Crippen molar-refractivity contribution in [3.05, 3.63) is 35.4 Å². The van der Waals surface area contributed by atoms with Gasteiger partial charge in [0.15, 0.2) is 0 Å². The van der Waals surface area contributed by atoms with Crippen molar-refractivity contribution < 1.29 is 9.59 Å². The van der Waals surface area contributed by atoms with Crippen molar-refractivity contribution in [1.29, 1.82) is 0 Å². The number of benzene rings is 1. The summed E-state index contributed by atoms with van der Waals surface area (Å²) >= 11 is 0. The zero-order valence-electron chi connectivity index (χ0n) is 15.0. The molecule has 0 spiro atoms. The van der Waals surface area contributed by atoms with Gasteiger partial charge in [-0.15, -0.1) is 12.4 Å². The van der Waals surface area contributed by atoms with Crippen LogP contribution in [0.15, 0.2) is 24.3 Å². The van der Waals surface area contributed by atoms with Crippen LogP contribution in [0, 0.1) is 12.8 Å². The van der Waals surface area contributed by atoms with Gasteiger partial charge in [0.2, 0.25) is 5.91 Å². The maximum Gasteiger partial charge on any atom is 0.312 e. The van der Waals surface area contributed by atoms with Crippen LogP contribution in [0.5, 0.6) is 0 Å². The van der Waals surface area contributed by atoms with Crippen molar-refractivity contribution in [3.8, 4) is 0 Å². The summed E-state index contributed by atoms with van der Waals surface area (Å²) < 4.78 is 0. The molecular formula is C18H29ClN4O2. The van der Waals surface area contributed by atoms with Crippen LogP contribution in [0.2, 0.25) is 0 Å².